The Morgan fingerprint density at radius 1 is 0.974 bits per heavy atom. The van der Waals surface area contributed by atoms with Gasteiger partial charge in [0.2, 0.25) is 11.8 Å². The molecule has 0 radical (unpaired) electrons. The first kappa shape index (κ1) is 25.4. The molecule has 4 aromatic rings. The van der Waals surface area contributed by atoms with E-state index in [0.717, 1.165) is 32.9 Å². The average molecular weight is 563 g/mol. The molecule has 1 aromatic heterocycles. The number of thioether (sulfide) groups is 1. The van der Waals surface area contributed by atoms with Gasteiger partial charge in [-0.2, -0.15) is 0 Å². The van der Waals surface area contributed by atoms with Gasteiger partial charge in [-0.25, -0.2) is 9.29 Å². The zero-order valence-corrected chi connectivity index (χ0v) is 22.6. The molecule has 2 unspecified atom stereocenters. The number of nitrogens with zero attached hydrogens (tertiary/aromatic N) is 1. The number of anilines is 1. The molecule has 0 saturated carbocycles. The third kappa shape index (κ3) is 4.53. The first-order valence-corrected chi connectivity index (χ1v) is 13.9. The van der Waals surface area contributed by atoms with E-state index in [9.17, 15) is 18.8 Å². The van der Waals surface area contributed by atoms with Crippen molar-refractivity contribution in [1.29, 1.82) is 0 Å². The lowest BCUT2D eigenvalue weighted by Crippen LogP contribution is -2.32. The Bertz CT molecular complexity index is 1650. The van der Waals surface area contributed by atoms with E-state index in [0.29, 0.717) is 33.7 Å². The van der Waals surface area contributed by atoms with E-state index in [-0.39, 0.29) is 10.8 Å². The fraction of sp³-hybridized carbons (Fsp3) is 0.207. The molecule has 0 aliphatic carbocycles. The summed E-state index contributed by atoms with van der Waals surface area (Å²) in [6.07, 6.45) is 0. The first-order valence-electron chi connectivity index (χ1n) is 12.2. The normalized spacial score (nSPS) is 20.1. The minimum Gasteiger partial charge on any atom is -0.493 e. The Kier molecular flexibility index (Phi) is 6.52. The maximum atomic E-state index is 13.8. The summed E-state index contributed by atoms with van der Waals surface area (Å²) in [5.41, 5.74) is 3.19. The second-order valence-electron chi connectivity index (χ2n) is 9.43. The minimum atomic E-state index is -0.754. The molecule has 1 saturated heterocycles. The number of thiazole rings is 1. The van der Waals surface area contributed by atoms with Gasteiger partial charge in [-0.15, -0.1) is 0 Å². The van der Waals surface area contributed by atoms with Crippen LogP contribution in [0.15, 0.2) is 76.6 Å². The van der Waals surface area contributed by atoms with Crippen molar-refractivity contribution in [1.82, 2.24) is 4.98 Å². The molecular formula is C29H23FN2O5S2. The summed E-state index contributed by atoms with van der Waals surface area (Å²) in [6, 6.07) is 18.7. The highest BCUT2D eigenvalue weighted by Crippen LogP contribution is 2.53. The molecule has 39 heavy (non-hydrogen) atoms. The molecule has 7 nitrogen and oxygen atoms in total. The van der Waals surface area contributed by atoms with E-state index >= 15 is 0 Å². The van der Waals surface area contributed by atoms with Gasteiger partial charge >= 0.3 is 4.87 Å². The van der Waals surface area contributed by atoms with Crippen LogP contribution in [0, 0.1) is 18.7 Å². The standard InChI is InChI=1S/C29H23FN2O5S2/c1-15-4-3-5-16(12-15)14-37-20-11-6-17(13-21(20)36-2)22-23-25(38-26-24(22)39-29(35)31-26)28(34)32(27(23)33)19-9-7-18(30)8-10-19/h3-13,22-23,25H,14H2,1-2H3,(H,31,35)/t22-,23?,25?/m1/s1. The molecule has 2 aliphatic rings. The highest BCUT2D eigenvalue weighted by molar-refractivity contribution is 8.00. The molecule has 198 valence electrons. The smallest absolute Gasteiger partial charge is 0.305 e. The summed E-state index contributed by atoms with van der Waals surface area (Å²) in [7, 11) is 1.54. The monoisotopic (exact) mass is 562 g/mol. The number of aromatic nitrogens is 1. The maximum Gasteiger partial charge on any atom is 0.305 e. The number of nitrogens with one attached hydrogen (secondary N) is 1. The molecule has 6 rings (SSSR count). The Balaban J connectivity index is 1.37. The molecule has 2 amide bonds. The van der Waals surface area contributed by atoms with Crippen molar-refractivity contribution in [2.45, 2.75) is 29.7 Å². The number of H-pyrrole nitrogens is 1. The topological polar surface area (TPSA) is 88.7 Å². The number of rotatable bonds is 6. The van der Waals surface area contributed by atoms with Crippen LogP contribution in [0.2, 0.25) is 0 Å². The highest BCUT2D eigenvalue weighted by atomic mass is 32.2. The highest BCUT2D eigenvalue weighted by Gasteiger charge is 2.56. The summed E-state index contributed by atoms with van der Waals surface area (Å²) >= 11 is 2.23. The van der Waals surface area contributed by atoms with Crippen LogP contribution in [-0.4, -0.2) is 29.2 Å². The summed E-state index contributed by atoms with van der Waals surface area (Å²) in [5, 5.41) is -0.161. The van der Waals surface area contributed by atoms with Crippen LogP contribution in [0.4, 0.5) is 10.1 Å². The van der Waals surface area contributed by atoms with Crippen molar-refractivity contribution < 1.29 is 23.5 Å². The second kappa shape index (κ2) is 10.0. The van der Waals surface area contributed by atoms with E-state index in [2.05, 4.69) is 4.98 Å². The van der Waals surface area contributed by atoms with Crippen molar-refractivity contribution >= 4 is 40.6 Å². The Morgan fingerprint density at radius 3 is 2.51 bits per heavy atom. The third-order valence-corrected chi connectivity index (χ3v) is 9.33. The average Bonchev–Trinajstić information content (AvgIpc) is 3.42. The molecule has 0 spiro atoms. The molecule has 1 N–H and O–H groups in total. The van der Waals surface area contributed by atoms with Gasteiger partial charge in [0.05, 0.1) is 23.7 Å². The van der Waals surface area contributed by atoms with Crippen molar-refractivity contribution in [3.63, 3.8) is 0 Å². The number of imide groups is 1. The van der Waals surface area contributed by atoms with E-state index in [1.807, 2.05) is 37.3 Å². The van der Waals surface area contributed by atoms with Gasteiger partial charge in [0.15, 0.2) is 11.5 Å². The molecule has 2 aliphatic heterocycles. The zero-order valence-electron chi connectivity index (χ0n) is 21.0. The number of halogens is 1. The van der Waals surface area contributed by atoms with Crippen LogP contribution >= 0.6 is 23.1 Å². The Hall–Kier alpha value is -3.89. The van der Waals surface area contributed by atoms with Crippen LogP contribution < -0.4 is 19.2 Å². The Labute approximate surface area is 231 Å². The number of carbonyl (C=O) groups is 2. The third-order valence-electron chi connectivity index (χ3n) is 6.93. The minimum absolute atomic E-state index is 0.252. The zero-order chi connectivity index (χ0) is 27.3. The van der Waals surface area contributed by atoms with Gasteiger partial charge in [0.25, 0.3) is 0 Å². The number of aromatic amines is 1. The van der Waals surface area contributed by atoms with Gasteiger partial charge in [-0.1, -0.05) is 59.0 Å². The number of benzene rings is 3. The molecule has 3 heterocycles. The number of fused-ring (bicyclic) bond motifs is 2. The van der Waals surface area contributed by atoms with E-state index in [1.165, 1.54) is 36.0 Å². The van der Waals surface area contributed by atoms with Crippen molar-refractivity contribution in [2.24, 2.45) is 5.92 Å². The summed E-state index contributed by atoms with van der Waals surface area (Å²) in [4.78, 5) is 44.1. The number of carbonyl (C=O) groups excluding carboxylic acids is 2. The lowest BCUT2D eigenvalue weighted by molar-refractivity contribution is -0.122. The number of hydrogen-bond donors (Lipinski definition) is 1. The summed E-state index contributed by atoms with van der Waals surface area (Å²) in [5.74, 6) is -1.54. The van der Waals surface area contributed by atoms with E-state index in [4.69, 9.17) is 9.47 Å². The first-order chi connectivity index (χ1) is 18.8. The molecule has 0 bridgehead atoms. The molecule has 1 fully saturated rings. The van der Waals surface area contributed by atoms with Crippen LogP contribution in [0.1, 0.15) is 27.5 Å². The molecular weight excluding hydrogens is 539 g/mol. The summed E-state index contributed by atoms with van der Waals surface area (Å²) < 4.78 is 25.2. The fourth-order valence-electron chi connectivity index (χ4n) is 5.18. The van der Waals surface area contributed by atoms with Crippen molar-refractivity contribution in [2.75, 3.05) is 12.0 Å². The quantitative estimate of drug-likeness (QED) is 0.322. The second-order valence-corrected chi connectivity index (χ2v) is 11.6. The fourth-order valence-corrected chi connectivity index (χ4v) is 7.70. The number of methoxy groups -OCH3 is 1. The van der Waals surface area contributed by atoms with Crippen molar-refractivity contribution in [3.8, 4) is 11.5 Å². The van der Waals surface area contributed by atoms with Gasteiger partial charge in [-0.05, 0) is 54.4 Å². The molecule has 3 atom stereocenters. The molecule has 3 aromatic carbocycles. The lowest BCUT2D eigenvalue weighted by Gasteiger charge is -2.30. The van der Waals surface area contributed by atoms with E-state index < -0.39 is 28.8 Å². The number of amides is 2. The maximum absolute atomic E-state index is 13.8. The van der Waals surface area contributed by atoms with Crippen LogP contribution in [0.5, 0.6) is 11.5 Å². The SMILES string of the molecule is COc1cc([C@H]2c3sc(=O)[nH]c3SC3C(=O)N(c4ccc(F)cc4)C(=O)C32)ccc1OCc1cccc(C)c1. The molecule has 10 heteroatoms. The van der Waals surface area contributed by atoms with Gasteiger partial charge in [0.1, 0.15) is 17.7 Å². The largest absolute Gasteiger partial charge is 0.493 e. The van der Waals surface area contributed by atoms with E-state index in [1.54, 1.807) is 19.2 Å². The summed E-state index contributed by atoms with van der Waals surface area (Å²) in [6.45, 7) is 2.37. The van der Waals surface area contributed by atoms with Crippen LogP contribution in [0.25, 0.3) is 0 Å². The Morgan fingerprint density at radius 2 is 1.77 bits per heavy atom. The van der Waals surface area contributed by atoms with Crippen LogP contribution in [0.3, 0.4) is 0 Å². The number of ether oxygens (including phenoxy) is 2. The predicted molar refractivity (Wildman–Crippen MR) is 147 cm³/mol. The lowest BCUT2D eigenvalue weighted by atomic mass is 9.83. The number of hydrogen-bond acceptors (Lipinski definition) is 7. The van der Waals surface area contributed by atoms with Gasteiger partial charge < -0.3 is 14.5 Å². The van der Waals surface area contributed by atoms with Crippen LogP contribution in [-0.2, 0) is 16.2 Å². The van der Waals surface area contributed by atoms with Crippen molar-refractivity contribution in [3.05, 3.63) is 104 Å². The van der Waals surface area contributed by atoms with Gasteiger partial charge in [-0.3, -0.25) is 14.4 Å². The number of aryl methyl sites for hydroxylation is 1. The predicted octanol–water partition coefficient (Wildman–Crippen LogP) is 5.27. The van der Waals surface area contributed by atoms with Gasteiger partial charge in [0, 0.05) is 10.8 Å².